The minimum Gasteiger partial charge on any atom is -0.241 e. The summed E-state index contributed by atoms with van der Waals surface area (Å²) in [6.45, 7) is 2.01. The van der Waals surface area contributed by atoms with Crippen molar-refractivity contribution < 1.29 is 0 Å². The molecule has 0 aromatic carbocycles. The summed E-state index contributed by atoms with van der Waals surface area (Å²) in [6.07, 6.45) is 6.34. The number of aromatic nitrogens is 2. The van der Waals surface area contributed by atoms with Gasteiger partial charge in [0.15, 0.2) is 0 Å². The Morgan fingerprint density at radius 2 is 1.90 bits per heavy atom. The topological polar surface area (TPSA) is 25.8 Å². The molecule has 1 heterocycles. The van der Waals surface area contributed by atoms with Crippen molar-refractivity contribution in [3.63, 3.8) is 0 Å². The van der Waals surface area contributed by atoms with E-state index in [4.69, 9.17) is 0 Å². The molecule has 1 aliphatic rings. The van der Waals surface area contributed by atoms with Crippen LogP contribution in [0, 0.1) is 6.92 Å². The van der Waals surface area contributed by atoms with Crippen LogP contribution in [-0.4, -0.2) is 9.97 Å². The van der Waals surface area contributed by atoms with Crippen molar-refractivity contribution in [2.75, 3.05) is 0 Å². The van der Waals surface area contributed by atoms with Gasteiger partial charge in [0, 0.05) is 18.3 Å². The summed E-state index contributed by atoms with van der Waals surface area (Å²) in [6, 6.07) is 0. The highest BCUT2D eigenvalue weighted by Crippen LogP contribution is 2.37. The largest absolute Gasteiger partial charge is 0.241 e. The lowest BCUT2D eigenvalue weighted by atomic mass is 10.3. The second-order valence-corrected chi connectivity index (χ2v) is 2.89. The fourth-order valence-corrected chi connectivity index (χ4v) is 0.955. The minimum atomic E-state index is 0.681. The van der Waals surface area contributed by atoms with Gasteiger partial charge in [-0.1, -0.05) is 0 Å². The molecule has 0 saturated heterocycles. The fourth-order valence-electron chi connectivity index (χ4n) is 0.955. The number of nitrogens with zero attached hydrogens (tertiary/aromatic N) is 2. The van der Waals surface area contributed by atoms with E-state index in [1.165, 1.54) is 12.8 Å². The van der Waals surface area contributed by atoms with Crippen molar-refractivity contribution in [3.8, 4) is 0 Å². The Morgan fingerprint density at radius 1 is 1.30 bits per heavy atom. The van der Waals surface area contributed by atoms with E-state index in [9.17, 15) is 0 Å². The van der Waals surface area contributed by atoms with E-state index in [-0.39, 0.29) is 0 Å². The Labute approximate surface area is 60.3 Å². The molecule has 2 nitrogen and oxygen atoms in total. The third kappa shape index (κ3) is 1.01. The van der Waals surface area contributed by atoms with Crippen molar-refractivity contribution in [2.24, 2.45) is 0 Å². The van der Waals surface area contributed by atoms with E-state index >= 15 is 0 Å². The minimum absolute atomic E-state index is 0.681. The Balaban J connectivity index is 2.28. The van der Waals surface area contributed by atoms with Gasteiger partial charge in [0.05, 0.1) is 0 Å². The van der Waals surface area contributed by atoms with Crippen LogP contribution in [0.2, 0.25) is 0 Å². The van der Waals surface area contributed by atoms with Crippen LogP contribution in [0.25, 0.3) is 0 Å². The molecule has 0 spiro atoms. The molecule has 10 heavy (non-hydrogen) atoms. The lowest BCUT2D eigenvalue weighted by Gasteiger charge is -1.94. The average Bonchev–Trinajstić information content (AvgIpc) is 2.71. The zero-order valence-corrected chi connectivity index (χ0v) is 6.04. The monoisotopic (exact) mass is 134 g/mol. The number of aryl methyl sites for hydroxylation is 1. The highest BCUT2D eigenvalue weighted by Gasteiger charge is 2.25. The van der Waals surface area contributed by atoms with E-state index in [2.05, 4.69) is 9.97 Å². The molecule has 0 atom stereocenters. The van der Waals surface area contributed by atoms with E-state index in [1.54, 1.807) is 0 Å². The summed E-state index contributed by atoms with van der Waals surface area (Å²) >= 11 is 0. The molecule has 2 heteroatoms. The molecule has 0 amide bonds. The van der Waals surface area contributed by atoms with Crippen LogP contribution < -0.4 is 0 Å². The number of hydrogen-bond acceptors (Lipinski definition) is 2. The van der Waals surface area contributed by atoms with Crippen molar-refractivity contribution in [1.82, 2.24) is 9.97 Å². The van der Waals surface area contributed by atoms with E-state index in [1.807, 2.05) is 19.3 Å². The van der Waals surface area contributed by atoms with Crippen LogP contribution in [0.1, 0.15) is 30.1 Å². The maximum atomic E-state index is 4.23. The molecular weight excluding hydrogens is 124 g/mol. The molecule has 52 valence electrons. The first-order valence-electron chi connectivity index (χ1n) is 3.65. The number of hydrogen-bond donors (Lipinski definition) is 0. The van der Waals surface area contributed by atoms with Gasteiger partial charge in [0.25, 0.3) is 0 Å². The van der Waals surface area contributed by atoms with Gasteiger partial charge in [-0.05, 0) is 25.3 Å². The molecule has 0 radical (unpaired) electrons. The predicted octanol–water partition coefficient (Wildman–Crippen LogP) is 1.66. The maximum Gasteiger partial charge on any atom is 0.131 e. The summed E-state index contributed by atoms with van der Waals surface area (Å²) < 4.78 is 0. The highest BCUT2D eigenvalue weighted by atomic mass is 14.9. The smallest absolute Gasteiger partial charge is 0.131 e. The quantitative estimate of drug-likeness (QED) is 0.583. The van der Waals surface area contributed by atoms with Gasteiger partial charge in [0.2, 0.25) is 0 Å². The van der Waals surface area contributed by atoms with Crippen molar-refractivity contribution >= 4 is 0 Å². The van der Waals surface area contributed by atoms with Gasteiger partial charge in [0.1, 0.15) is 5.82 Å². The van der Waals surface area contributed by atoms with Crippen LogP contribution in [0.4, 0.5) is 0 Å². The third-order valence-electron chi connectivity index (χ3n) is 1.74. The van der Waals surface area contributed by atoms with Crippen molar-refractivity contribution in [2.45, 2.75) is 25.7 Å². The Morgan fingerprint density at radius 3 is 2.40 bits per heavy atom. The van der Waals surface area contributed by atoms with Gasteiger partial charge >= 0.3 is 0 Å². The average molecular weight is 134 g/mol. The van der Waals surface area contributed by atoms with Gasteiger partial charge in [-0.3, -0.25) is 0 Å². The predicted molar refractivity (Wildman–Crippen MR) is 38.7 cm³/mol. The second kappa shape index (κ2) is 2.04. The Bertz CT molecular complexity index is 224. The Kier molecular flexibility index (Phi) is 1.19. The van der Waals surface area contributed by atoms with Crippen molar-refractivity contribution in [1.29, 1.82) is 0 Å². The SMILES string of the molecule is Cc1cnc(C2CC2)nc1. The molecule has 0 unspecified atom stereocenters. The first kappa shape index (κ1) is 5.83. The summed E-state index contributed by atoms with van der Waals surface area (Å²) in [5.41, 5.74) is 1.14. The fraction of sp³-hybridized carbons (Fsp3) is 0.500. The van der Waals surface area contributed by atoms with E-state index in [0.717, 1.165) is 11.4 Å². The van der Waals surface area contributed by atoms with Gasteiger partial charge in [-0.15, -0.1) is 0 Å². The van der Waals surface area contributed by atoms with E-state index < -0.39 is 0 Å². The van der Waals surface area contributed by atoms with Crippen LogP contribution in [-0.2, 0) is 0 Å². The molecule has 2 rings (SSSR count). The molecule has 0 aliphatic heterocycles. The Hall–Kier alpha value is -0.920. The second-order valence-electron chi connectivity index (χ2n) is 2.89. The van der Waals surface area contributed by atoms with Crippen LogP contribution in [0.5, 0.6) is 0 Å². The lowest BCUT2D eigenvalue weighted by molar-refractivity contribution is 0.917. The van der Waals surface area contributed by atoms with Crippen LogP contribution in [0.3, 0.4) is 0 Å². The van der Waals surface area contributed by atoms with Gasteiger partial charge in [-0.25, -0.2) is 9.97 Å². The molecule has 0 bridgehead atoms. The molecule has 1 saturated carbocycles. The van der Waals surface area contributed by atoms with Crippen LogP contribution >= 0.6 is 0 Å². The zero-order chi connectivity index (χ0) is 6.97. The first-order chi connectivity index (χ1) is 4.86. The van der Waals surface area contributed by atoms with Gasteiger partial charge < -0.3 is 0 Å². The van der Waals surface area contributed by atoms with Crippen LogP contribution in [0.15, 0.2) is 12.4 Å². The molecule has 0 N–H and O–H groups in total. The van der Waals surface area contributed by atoms with Gasteiger partial charge in [-0.2, -0.15) is 0 Å². The maximum absolute atomic E-state index is 4.23. The lowest BCUT2D eigenvalue weighted by Crippen LogP contribution is -1.90. The summed E-state index contributed by atoms with van der Waals surface area (Å²) in [4.78, 5) is 8.46. The standard InChI is InChI=1S/C8H10N2/c1-6-4-9-8(10-5-6)7-2-3-7/h4-5,7H,2-3H2,1H3. The first-order valence-corrected chi connectivity index (χ1v) is 3.65. The van der Waals surface area contributed by atoms with Crippen molar-refractivity contribution in [3.05, 3.63) is 23.8 Å². The summed E-state index contributed by atoms with van der Waals surface area (Å²) in [5, 5.41) is 0. The highest BCUT2D eigenvalue weighted by molar-refractivity contribution is 5.08. The zero-order valence-electron chi connectivity index (χ0n) is 6.04. The molecular formula is C8H10N2. The third-order valence-corrected chi connectivity index (χ3v) is 1.74. The molecule has 1 fully saturated rings. The van der Waals surface area contributed by atoms with E-state index in [0.29, 0.717) is 5.92 Å². The number of rotatable bonds is 1. The normalized spacial score (nSPS) is 17.3. The molecule has 1 aromatic heterocycles. The molecule has 1 aromatic rings. The molecule has 1 aliphatic carbocycles. The summed E-state index contributed by atoms with van der Waals surface area (Å²) in [7, 11) is 0. The summed E-state index contributed by atoms with van der Waals surface area (Å²) in [5.74, 6) is 1.71.